The quantitative estimate of drug-likeness (QED) is 0.226. The van der Waals surface area contributed by atoms with Gasteiger partial charge in [-0.3, -0.25) is 0 Å². The van der Waals surface area contributed by atoms with E-state index in [0.717, 1.165) is 0 Å². The molecule has 0 heterocycles. The fourth-order valence-corrected chi connectivity index (χ4v) is 18.1. The Morgan fingerprint density at radius 2 is 0.926 bits per heavy atom. The molecule has 0 aliphatic rings. The van der Waals surface area contributed by atoms with E-state index in [1.807, 2.05) is 0 Å². The zero-order valence-electron chi connectivity index (χ0n) is 20.2. The molecule has 164 valence electrons. The van der Waals surface area contributed by atoms with Crippen LogP contribution in [0.1, 0.15) is 65.7 Å². The van der Waals surface area contributed by atoms with Gasteiger partial charge in [-0.15, -0.1) is 0 Å². The lowest BCUT2D eigenvalue weighted by Gasteiger charge is -2.39. The molecule has 6 heteroatoms. The van der Waals surface area contributed by atoms with E-state index in [1.165, 1.54) is 76.7 Å². The molecule has 0 fully saturated rings. The maximum absolute atomic E-state index is 6.76. The van der Waals surface area contributed by atoms with E-state index in [0.29, 0.717) is 0 Å². The van der Waals surface area contributed by atoms with E-state index in [9.17, 15) is 0 Å². The van der Waals surface area contributed by atoms with Gasteiger partial charge < -0.3 is 13.1 Å². The molecule has 27 heavy (non-hydrogen) atoms. The normalized spacial score (nSPS) is 13.6. The van der Waals surface area contributed by atoms with Gasteiger partial charge in [0, 0.05) is 0 Å². The van der Waals surface area contributed by atoms with Crippen molar-refractivity contribution in [3.8, 4) is 0 Å². The molecule has 0 aliphatic carbocycles. The van der Waals surface area contributed by atoms with Gasteiger partial charge in [-0.25, -0.2) is 0 Å². The molecule has 0 saturated carbocycles. The molecule has 0 N–H and O–H groups in total. The van der Waals surface area contributed by atoms with Crippen LogP contribution in [0.2, 0.25) is 51.4 Å². The van der Waals surface area contributed by atoms with Gasteiger partial charge in [0.2, 0.25) is 0 Å². The van der Waals surface area contributed by atoms with Crippen LogP contribution in [-0.2, 0) is 8.23 Å². The maximum atomic E-state index is 6.76. The van der Waals surface area contributed by atoms with E-state index < -0.39 is 25.2 Å². The van der Waals surface area contributed by atoms with E-state index >= 15 is 0 Å². The van der Waals surface area contributed by atoms with Crippen LogP contribution in [0.3, 0.4) is 0 Å². The van der Waals surface area contributed by atoms with Crippen molar-refractivity contribution in [3.63, 3.8) is 0 Å². The zero-order chi connectivity index (χ0) is 21.0. The first-order valence-corrected chi connectivity index (χ1v) is 20.6. The highest BCUT2D eigenvalue weighted by atomic mass is 28.5. The Morgan fingerprint density at radius 3 is 1.33 bits per heavy atom. The molecule has 0 atom stereocenters. The molecule has 0 spiro atoms. The van der Waals surface area contributed by atoms with Crippen LogP contribution in [0.5, 0.6) is 0 Å². The summed E-state index contributed by atoms with van der Waals surface area (Å²) < 4.78 is 13.4. The summed E-state index contributed by atoms with van der Waals surface area (Å²) in [6.45, 7) is 24.7. The standard InChI is InChI=1S/C21H51NO2Si3/c1-10-13-17-22(18-14-11-2)19-16-21-26(6,7)24-27(8,9)23-25(4,5)20-15-12-3/h10-21H2,1-9H3. The summed E-state index contributed by atoms with van der Waals surface area (Å²) in [7, 11) is -5.29. The third-order valence-corrected chi connectivity index (χ3v) is 16.6. The largest absolute Gasteiger partial charge is 0.437 e. The van der Waals surface area contributed by atoms with Crippen LogP contribution < -0.4 is 0 Å². The second kappa shape index (κ2) is 13.7. The first kappa shape index (κ1) is 27.5. The summed E-state index contributed by atoms with van der Waals surface area (Å²) in [5.41, 5.74) is 0. The molecule has 0 aromatic heterocycles. The molecular weight excluding hydrogens is 382 g/mol. The fourth-order valence-electron chi connectivity index (χ4n) is 3.88. The van der Waals surface area contributed by atoms with Crippen LogP contribution in [0.15, 0.2) is 0 Å². The topological polar surface area (TPSA) is 21.7 Å². The minimum absolute atomic E-state index is 1.24. The Balaban J connectivity index is 4.49. The van der Waals surface area contributed by atoms with Crippen LogP contribution in [0.4, 0.5) is 0 Å². The van der Waals surface area contributed by atoms with E-state index in [-0.39, 0.29) is 0 Å². The van der Waals surface area contributed by atoms with Crippen LogP contribution in [0.25, 0.3) is 0 Å². The monoisotopic (exact) mass is 433 g/mol. The zero-order valence-corrected chi connectivity index (χ0v) is 23.2. The molecule has 0 radical (unpaired) electrons. The van der Waals surface area contributed by atoms with Gasteiger partial charge >= 0.3 is 8.56 Å². The van der Waals surface area contributed by atoms with Crippen molar-refractivity contribution < 1.29 is 8.23 Å². The van der Waals surface area contributed by atoms with Crippen molar-refractivity contribution in [1.82, 2.24) is 4.90 Å². The van der Waals surface area contributed by atoms with Gasteiger partial charge in [0.15, 0.2) is 16.6 Å². The predicted octanol–water partition coefficient (Wildman–Crippen LogP) is 7.22. The minimum Gasteiger partial charge on any atom is -0.437 e. The Morgan fingerprint density at radius 1 is 0.556 bits per heavy atom. The molecule has 0 aromatic carbocycles. The smallest absolute Gasteiger partial charge is 0.311 e. The predicted molar refractivity (Wildman–Crippen MR) is 130 cm³/mol. The Labute approximate surface area is 175 Å². The van der Waals surface area contributed by atoms with Crippen LogP contribution >= 0.6 is 0 Å². The van der Waals surface area contributed by atoms with Gasteiger partial charge in [0.25, 0.3) is 0 Å². The summed E-state index contributed by atoms with van der Waals surface area (Å²) in [6, 6.07) is 2.51. The number of unbranched alkanes of at least 4 members (excludes halogenated alkanes) is 3. The number of hydrogen-bond donors (Lipinski definition) is 0. The summed E-state index contributed by atoms with van der Waals surface area (Å²) in [6.07, 6.45) is 9.05. The molecule has 0 unspecified atom stereocenters. The molecule has 0 amide bonds. The number of rotatable bonds is 17. The lowest BCUT2D eigenvalue weighted by atomic mass is 10.2. The summed E-state index contributed by atoms with van der Waals surface area (Å²) in [4.78, 5) is 2.68. The van der Waals surface area contributed by atoms with Gasteiger partial charge in [0.1, 0.15) is 0 Å². The third-order valence-electron chi connectivity index (χ3n) is 5.09. The van der Waals surface area contributed by atoms with E-state index in [1.54, 1.807) is 0 Å². The Kier molecular flexibility index (Phi) is 14.0. The Bertz CT molecular complexity index is 368. The maximum Gasteiger partial charge on any atom is 0.311 e. The molecule has 0 aromatic rings. The van der Waals surface area contributed by atoms with E-state index in [4.69, 9.17) is 8.23 Å². The fraction of sp³-hybridized carbons (Fsp3) is 1.00. The van der Waals surface area contributed by atoms with Crippen molar-refractivity contribution in [2.75, 3.05) is 19.6 Å². The number of hydrogen-bond acceptors (Lipinski definition) is 3. The lowest BCUT2D eigenvalue weighted by molar-refractivity contribution is 0.264. The molecule has 0 saturated heterocycles. The molecule has 0 bridgehead atoms. The second-order valence-corrected chi connectivity index (χ2v) is 22.4. The summed E-state index contributed by atoms with van der Waals surface area (Å²) in [5, 5.41) is 0. The van der Waals surface area contributed by atoms with Crippen molar-refractivity contribution in [2.45, 2.75) is 117 Å². The molecule has 0 aliphatic heterocycles. The van der Waals surface area contributed by atoms with Crippen molar-refractivity contribution in [3.05, 3.63) is 0 Å². The first-order valence-electron chi connectivity index (χ1n) is 11.6. The third kappa shape index (κ3) is 15.1. The van der Waals surface area contributed by atoms with E-state index in [2.05, 4.69) is 65.0 Å². The van der Waals surface area contributed by atoms with Crippen molar-refractivity contribution >= 4 is 25.2 Å². The SMILES string of the molecule is CCCCN(CCCC)CCC[Si](C)(C)O[Si](C)(C)O[Si](C)(C)CCCC. The van der Waals surface area contributed by atoms with Gasteiger partial charge in [-0.1, -0.05) is 46.5 Å². The van der Waals surface area contributed by atoms with Gasteiger partial charge in [-0.05, 0) is 90.3 Å². The first-order chi connectivity index (χ1) is 12.5. The van der Waals surface area contributed by atoms with Gasteiger partial charge in [0.05, 0.1) is 0 Å². The number of nitrogens with zero attached hydrogens (tertiary/aromatic N) is 1. The van der Waals surface area contributed by atoms with Gasteiger partial charge in [-0.2, -0.15) is 0 Å². The molecule has 0 rings (SSSR count). The highest BCUT2D eigenvalue weighted by molar-refractivity contribution is 6.87. The highest BCUT2D eigenvalue weighted by Crippen LogP contribution is 2.26. The average molecular weight is 434 g/mol. The Hall–Kier alpha value is 0.531. The van der Waals surface area contributed by atoms with Crippen LogP contribution in [-0.4, -0.2) is 49.7 Å². The van der Waals surface area contributed by atoms with Crippen molar-refractivity contribution in [1.29, 1.82) is 0 Å². The minimum atomic E-state index is -2.03. The molecular formula is C21H51NO2Si3. The summed E-state index contributed by atoms with van der Waals surface area (Å²) in [5.74, 6) is 0. The van der Waals surface area contributed by atoms with Crippen LogP contribution in [0, 0.1) is 0 Å². The highest BCUT2D eigenvalue weighted by Gasteiger charge is 2.39. The average Bonchev–Trinajstić information content (AvgIpc) is 2.52. The summed E-state index contributed by atoms with van der Waals surface area (Å²) >= 11 is 0. The second-order valence-electron chi connectivity index (χ2n) is 9.88. The lowest BCUT2D eigenvalue weighted by Crippen LogP contribution is -2.52. The van der Waals surface area contributed by atoms with Crippen molar-refractivity contribution in [2.24, 2.45) is 0 Å². The molecule has 3 nitrogen and oxygen atoms in total.